The number of nitrogens with two attached hydrogens (primary N) is 1. The molecule has 0 atom stereocenters. The molecule has 0 bridgehead atoms. The zero-order valence-electron chi connectivity index (χ0n) is 10.9. The molecular weight excluding hydrogens is 266 g/mol. The number of carbonyl (C=O) groups is 2. The van der Waals surface area contributed by atoms with Gasteiger partial charge in [-0.05, 0) is 12.5 Å². The summed E-state index contributed by atoms with van der Waals surface area (Å²) in [5.74, 6) is -1.79. The molecule has 108 valence electrons. The van der Waals surface area contributed by atoms with Gasteiger partial charge in [-0.3, -0.25) is 19.7 Å². The van der Waals surface area contributed by atoms with E-state index in [1.165, 1.54) is 12.1 Å². The number of hydrogen-bond acceptors (Lipinski definition) is 5. The van der Waals surface area contributed by atoms with Crippen LogP contribution in [0.4, 0.5) is 11.4 Å². The second-order valence-corrected chi connectivity index (χ2v) is 4.15. The average Bonchev–Trinajstić information content (AvgIpc) is 2.37. The first-order chi connectivity index (χ1) is 9.36. The topological polar surface area (TPSA) is 127 Å². The molecular formula is C12H15N3O5. The molecule has 0 aromatic heterocycles. The van der Waals surface area contributed by atoms with Gasteiger partial charge in [0.25, 0.3) is 11.6 Å². The van der Waals surface area contributed by atoms with Gasteiger partial charge in [0, 0.05) is 24.4 Å². The first kappa shape index (κ1) is 15.4. The molecule has 1 aromatic carbocycles. The molecule has 0 spiro atoms. The fourth-order valence-electron chi connectivity index (χ4n) is 1.70. The molecule has 0 saturated carbocycles. The van der Waals surface area contributed by atoms with Gasteiger partial charge in [-0.1, -0.05) is 6.92 Å². The molecule has 0 fully saturated rings. The lowest BCUT2D eigenvalue weighted by molar-refractivity contribution is -0.384. The Labute approximate surface area is 114 Å². The lowest BCUT2D eigenvalue weighted by Gasteiger charge is -2.20. The van der Waals surface area contributed by atoms with Gasteiger partial charge in [-0.2, -0.15) is 0 Å². The minimum Gasteiger partial charge on any atom is -0.480 e. The smallest absolute Gasteiger partial charge is 0.323 e. The number of nitrogens with zero attached hydrogens (tertiary/aromatic N) is 2. The van der Waals surface area contributed by atoms with E-state index in [-0.39, 0.29) is 23.5 Å². The maximum Gasteiger partial charge on any atom is 0.323 e. The van der Waals surface area contributed by atoms with E-state index in [0.29, 0.717) is 6.42 Å². The van der Waals surface area contributed by atoms with Gasteiger partial charge in [0.05, 0.1) is 10.5 Å². The first-order valence-corrected chi connectivity index (χ1v) is 5.91. The van der Waals surface area contributed by atoms with Gasteiger partial charge in [0.2, 0.25) is 0 Å². The summed E-state index contributed by atoms with van der Waals surface area (Å²) >= 11 is 0. The van der Waals surface area contributed by atoms with Crippen LogP contribution in [0.3, 0.4) is 0 Å². The zero-order valence-corrected chi connectivity index (χ0v) is 10.9. The Kier molecular flexibility index (Phi) is 5.01. The summed E-state index contributed by atoms with van der Waals surface area (Å²) in [6.45, 7) is 1.54. The molecule has 0 aliphatic heterocycles. The quantitative estimate of drug-likeness (QED) is 0.457. The Morgan fingerprint density at radius 2 is 2.10 bits per heavy atom. The van der Waals surface area contributed by atoms with E-state index in [1.807, 2.05) is 0 Å². The number of carboxylic acids is 1. The van der Waals surface area contributed by atoms with Crippen molar-refractivity contribution < 1.29 is 19.6 Å². The Balaban J connectivity index is 3.13. The maximum absolute atomic E-state index is 12.2. The molecule has 1 aromatic rings. The minimum atomic E-state index is -1.16. The third-order valence-electron chi connectivity index (χ3n) is 2.58. The largest absolute Gasteiger partial charge is 0.480 e. The number of nitrogen functional groups attached to an aromatic ring is 1. The maximum atomic E-state index is 12.2. The Hall–Kier alpha value is -2.64. The summed E-state index contributed by atoms with van der Waals surface area (Å²) in [4.78, 5) is 34.1. The summed E-state index contributed by atoms with van der Waals surface area (Å²) < 4.78 is 0. The number of hydrogen-bond donors (Lipinski definition) is 2. The molecule has 0 heterocycles. The van der Waals surface area contributed by atoms with Gasteiger partial charge in [-0.15, -0.1) is 0 Å². The molecule has 1 rings (SSSR count). The lowest BCUT2D eigenvalue weighted by atomic mass is 10.1. The normalized spacial score (nSPS) is 10.1. The molecule has 8 heteroatoms. The number of carbonyl (C=O) groups excluding carboxylic acids is 1. The first-order valence-electron chi connectivity index (χ1n) is 5.91. The van der Waals surface area contributed by atoms with Crippen molar-refractivity contribution >= 4 is 23.3 Å². The third kappa shape index (κ3) is 3.67. The van der Waals surface area contributed by atoms with Crippen LogP contribution in [0.15, 0.2) is 18.2 Å². The highest BCUT2D eigenvalue weighted by Crippen LogP contribution is 2.21. The average molecular weight is 281 g/mol. The Bertz CT molecular complexity index is 544. The molecule has 0 saturated heterocycles. The molecule has 1 amide bonds. The lowest BCUT2D eigenvalue weighted by Crippen LogP contribution is -2.36. The molecule has 0 aliphatic carbocycles. The number of aliphatic carboxylic acids is 1. The van der Waals surface area contributed by atoms with Crippen LogP contribution in [0.5, 0.6) is 0 Å². The molecule has 0 aliphatic rings. The van der Waals surface area contributed by atoms with E-state index in [0.717, 1.165) is 11.0 Å². The summed E-state index contributed by atoms with van der Waals surface area (Å²) in [7, 11) is 0. The second-order valence-electron chi connectivity index (χ2n) is 4.15. The second kappa shape index (κ2) is 6.50. The molecule has 0 unspecified atom stereocenters. The highest BCUT2D eigenvalue weighted by Gasteiger charge is 2.22. The van der Waals surface area contributed by atoms with Gasteiger partial charge >= 0.3 is 5.97 Å². The van der Waals surface area contributed by atoms with Crippen LogP contribution in [0.2, 0.25) is 0 Å². The van der Waals surface area contributed by atoms with E-state index >= 15 is 0 Å². The zero-order chi connectivity index (χ0) is 15.3. The standard InChI is InChI=1S/C12H15N3O5/c1-2-5-14(7-11(16)17)12(18)9-6-8(15(19)20)3-4-10(9)13/h3-4,6H,2,5,7,13H2,1H3,(H,16,17). The van der Waals surface area contributed by atoms with Crippen LogP contribution in [0, 0.1) is 10.1 Å². The number of benzene rings is 1. The van der Waals surface area contributed by atoms with Crippen molar-refractivity contribution in [2.45, 2.75) is 13.3 Å². The Morgan fingerprint density at radius 1 is 1.45 bits per heavy atom. The monoisotopic (exact) mass is 281 g/mol. The van der Waals surface area contributed by atoms with Crippen LogP contribution in [0.1, 0.15) is 23.7 Å². The summed E-state index contributed by atoms with van der Waals surface area (Å²) in [6, 6.07) is 3.51. The number of nitro groups is 1. The molecule has 3 N–H and O–H groups in total. The summed E-state index contributed by atoms with van der Waals surface area (Å²) in [6.07, 6.45) is 0.563. The summed E-state index contributed by atoms with van der Waals surface area (Å²) in [5, 5.41) is 19.5. The van der Waals surface area contributed by atoms with Crippen LogP contribution < -0.4 is 5.73 Å². The fraction of sp³-hybridized carbons (Fsp3) is 0.333. The van der Waals surface area contributed by atoms with Gasteiger partial charge in [-0.25, -0.2) is 0 Å². The highest BCUT2D eigenvalue weighted by atomic mass is 16.6. The number of non-ortho nitro benzene ring substituents is 1. The SMILES string of the molecule is CCCN(CC(=O)O)C(=O)c1cc([N+](=O)[O-])ccc1N. The summed E-state index contributed by atoms with van der Waals surface area (Å²) in [5.41, 5.74) is 5.38. The molecule has 0 radical (unpaired) electrons. The van der Waals surface area contributed by atoms with Crippen molar-refractivity contribution in [2.75, 3.05) is 18.8 Å². The van der Waals surface area contributed by atoms with E-state index in [4.69, 9.17) is 10.8 Å². The van der Waals surface area contributed by atoms with E-state index in [9.17, 15) is 19.7 Å². The number of anilines is 1. The number of amides is 1. The number of rotatable bonds is 6. The van der Waals surface area contributed by atoms with Crippen molar-refractivity contribution in [2.24, 2.45) is 0 Å². The number of carboxylic acid groups (broad SMARTS) is 1. The predicted octanol–water partition coefficient (Wildman–Crippen LogP) is 1.11. The van der Waals surface area contributed by atoms with Crippen molar-refractivity contribution in [3.8, 4) is 0 Å². The van der Waals surface area contributed by atoms with Crippen molar-refractivity contribution in [1.82, 2.24) is 4.90 Å². The van der Waals surface area contributed by atoms with Crippen molar-refractivity contribution in [3.63, 3.8) is 0 Å². The Morgan fingerprint density at radius 3 is 2.60 bits per heavy atom. The van der Waals surface area contributed by atoms with Crippen molar-refractivity contribution in [3.05, 3.63) is 33.9 Å². The van der Waals surface area contributed by atoms with Gasteiger partial charge < -0.3 is 15.7 Å². The third-order valence-corrected chi connectivity index (χ3v) is 2.58. The van der Waals surface area contributed by atoms with E-state index in [2.05, 4.69) is 0 Å². The van der Waals surface area contributed by atoms with Crippen LogP contribution in [-0.4, -0.2) is 39.9 Å². The molecule has 8 nitrogen and oxygen atoms in total. The molecule has 20 heavy (non-hydrogen) atoms. The number of nitro benzene ring substituents is 1. The van der Waals surface area contributed by atoms with Gasteiger partial charge in [0.15, 0.2) is 0 Å². The van der Waals surface area contributed by atoms with Crippen LogP contribution in [0.25, 0.3) is 0 Å². The van der Waals surface area contributed by atoms with E-state index < -0.39 is 23.3 Å². The highest BCUT2D eigenvalue weighted by molar-refractivity contribution is 6.00. The predicted molar refractivity (Wildman–Crippen MR) is 71.3 cm³/mol. The van der Waals surface area contributed by atoms with E-state index in [1.54, 1.807) is 6.92 Å². The minimum absolute atomic E-state index is 0.0612. The van der Waals surface area contributed by atoms with Crippen LogP contribution in [-0.2, 0) is 4.79 Å². The van der Waals surface area contributed by atoms with Crippen LogP contribution >= 0.6 is 0 Å². The van der Waals surface area contributed by atoms with Gasteiger partial charge in [0.1, 0.15) is 6.54 Å². The fourth-order valence-corrected chi connectivity index (χ4v) is 1.70. The van der Waals surface area contributed by atoms with Crippen molar-refractivity contribution in [1.29, 1.82) is 0 Å².